The number of esters is 4. The Bertz CT molecular complexity index is 1030. The molecular weight excluding hydrogens is 512 g/mol. The second-order valence-electron chi connectivity index (χ2n) is 8.65. The van der Waals surface area contributed by atoms with E-state index in [2.05, 4.69) is 15.9 Å². The van der Waals surface area contributed by atoms with E-state index < -0.39 is 47.0 Å². The molecule has 0 saturated carbocycles. The molecule has 0 heterocycles. The van der Waals surface area contributed by atoms with Gasteiger partial charge >= 0.3 is 23.9 Å². The summed E-state index contributed by atoms with van der Waals surface area (Å²) in [6.45, 7) is 7.74. The van der Waals surface area contributed by atoms with Gasteiger partial charge in [-0.15, -0.1) is 0 Å². The number of halogens is 1. The van der Waals surface area contributed by atoms with E-state index in [0.29, 0.717) is 12.8 Å². The van der Waals surface area contributed by atoms with Crippen molar-refractivity contribution in [1.29, 1.82) is 0 Å². The first kappa shape index (κ1) is 28.4. The molecule has 0 spiro atoms. The SMILES string of the molecule is CCCC(C(=O)OC(=O)CC(Br)C(=O)OC(=O)C(CCC)c1ccccc1C)c1ccc(C)cc1. The Morgan fingerprint density at radius 2 is 1.34 bits per heavy atom. The minimum atomic E-state index is -1.12. The second kappa shape index (κ2) is 13.9. The van der Waals surface area contributed by atoms with Gasteiger partial charge in [-0.05, 0) is 43.4 Å². The molecule has 0 bridgehead atoms. The molecule has 3 unspecified atom stereocenters. The lowest BCUT2D eigenvalue weighted by molar-refractivity contribution is -0.165. The van der Waals surface area contributed by atoms with E-state index in [-0.39, 0.29) is 0 Å². The van der Waals surface area contributed by atoms with Crippen LogP contribution < -0.4 is 0 Å². The van der Waals surface area contributed by atoms with Crippen LogP contribution in [0.2, 0.25) is 0 Å². The van der Waals surface area contributed by atoms with Gasteiger partial charge in [0.25, 0.3) is 0 Å². The van der Waals surface area contributed by atoms with E-state index in [1.807, 2.05) is 76.2 Å². The number of carbonyl (C=O) groups excluding carboxylic acids is 4. The first-order valence-corrected chi connectivity index (χ1v) is 12.9. The molecular formula is C28H33BrO6. The summed E-state index contributed by atoms with van der Waals surface area (Å²) in [5.41, 5.74) is 3.57. The lowest BCUT2D eigenvalue weighted by Crippen LogP contribution is -2.29. The molecule has 2 rings (SSSR count). The average molecular weight is 545 g/mol. The molecule has 0 N–H and O–H groups in total. The van der Waals surface area contributed by atoms with Crippen molar-refractivity contribution in [2.45, 2.75) is 76.5 Å². The van der Waals surface area contributed by atoms with Crippen LogP contribution in [-0.2, 0) is 28.7 Å². The standard InChI is InChI=1S/C28H33BrO6/c1-5-9-22(20-15-13-18(3)14-16-20)26(31)34-25(30)17-24(29)28(33)35-27(32)23(10-6-2)21-12-8-7-11-19(21)4/h7-8,11-16,22-24H,5-6,9-10,17H2,1-4H3. The first-order chi connectivity index (χ1) is 16.7. The maximum absolute atomic E-state index is 12.8. The summed E-state index contributed by atoms with van der Waals surface area (Å²) < 4.78 is 10.1. The normalized spacial score (nSPS) is 13.4. The minimum absolute atomic E-state index is 0.437. The average Bonchev–Trinajstić information content (AvgIpc) is 2.82. The number of hydrogen-bond donors (Lipinski definition) is 0. The van der Waals surface area contributed by atoms with E-state index >= 15 is 0 Å². The summed E-state index contributed by atoms with van der Waals surface area (Å²) in [7, 11) is 0. The summed E-state index contributed by atoms with van der Waals surface area (Å²) >= 11 is 3.10. The highest BCUT2D eigenvalue weighted by molar-refractivity contribution is 9.10. The quantitative estimate of drug-likeness (QED) is 0.194. The summed E-state index contributed by atoms with van der Waals surface area (Å²) in [6, 6.07) is 14.9. The fourth-order valence-corrected chi connectivity index (χ4v) is 4.22. The molecule has 6 nitrogen and oxygen atoms in total. The number of benzene rings is 2. The first-order valence-electron chi connectivity index (χ1n) is 11.9. The Hall–Kier alpha value is -2.80. The zero-order chi connectivity index (χ0) is 26.0. The molecule has 0 aliphatic heterocycles. The summed E-state index contributed by atoms with van der Waals surface area (Å²) in [5.74, 6) is -4.23. The Morgan fingerprint density at radius 1 is 0.771 bits per heavy atom. The third-order valence-electron chi connectivity index (χ3n) is 5.78. The molecule has 3 atom stereocenters. The van der Waals surface area contributed by atoms with E-state index in [1.54, 1.807) is 0 Å². The van der Waals surface area contributed by atoms with Gasteiger partial charge in [-0.25, -0.2) is 0 Å². The molecule has 0 saturated heterocycles. The van der Waals surface area contributed by atoms with Crippen LogP contribution in [0.1, 0.15) is 80.0 Å². The van der Waals surface area contributed by atoms with Gasteiger partial charge < -0.3 is 9.47 Å². The molecule has 2 aromatic carbocycles. The molecule has 0 aliphatic carbocycles. The Kier molecular flexibility index (Phi) is 11.3. The molecule has 188 valence electrons. The van der Waals surface area contributed by atoms with Gasteiger partial charge in [0.15, 0.2) is 0 Å². The summed E-state index contributed by atoms with van der Waals surface area (Å²) in [5, 5.41) is 0. The van der Waals surface area contributed by atoms with Gasteiger partial charge in [0.05, 0.1) is 18.3 Å². The maximum Gasteiger partial charge on any atom is 0.327 e. The van der Waals surface area contributed by atoms with Gasteiger partial charge in [-0.2, -0.15) is 0 Å². The molecule has 2 aromatic rings. The van der Waals surface area contributed by atoms with Gasteiger partial charge in [0.2, 0.25) is 0 Å². The van der Waals surface area contributed by atoms with Crippen LogP contribution >= 0.6 is 15.9 Å². The fraction of sp³-hybridized carbons (Fsp3) is 0.429. The van der Waals surface area contributed by atoms with Crippen LogP contribution in [0.3, 0.4) is 0 Å². The van der Waals surface area contributed by atoms with Crippen LogP contribution in [0.15, 0.2) is 48.5 Å². The number of aryl methyl sites for hydroxylation is 2. The lowest BCUT2D eigenvalue weighted by atomic mass is 9.91. The smallest absolute Gasteiger partial charge is 0.327 e. The molecule has 0 aliphatic rings. The molecule has 0 fully saturated rings. The predicted molar refractivity (Wildman–Crippen MR) is 137 cm³/mol. The lowest BCUT2D eigenvalue weighted by Gasteiger charge is -2.18. The minimum Gasteiger partial charge on any atom is -0.393 e. The maximum atomic E-state index is 12.8. The highest BCUT2D eigenvalue weighted by Crippen LogP contribution is 2.27. The number of rotatable bonds is 11. The van der Waals surface area contributed by atoms with Crippen molar-refractivity contribution >= 4 is 39.8 Å². The van der Waals surface area contributed by atoms with Crippen molar-refractivity contribution in [1.82, 2.24) is 0 Å². The highest BCUT2D eigenvalue weighted by atomic mass is 79.9. The Labute approximate surface area is 215 Å². The van der Waals surface area contributed by atoms with Crippen molar-refractivity contribution in [3.05, 3.63) is 70.8 Å². The number of hydrogen-bond acceptors (Lipinski definition) is 6. The monoisotopic (exact) mass is 544 g/mol. The molecule has 7 heteroatoms. The van der Waals surface area contributed by atoms with Crippen LogP contribution in [0.5, 0.6) is 0 Å². The molecule has 0 radical (unpaired) electrons. The number of carbonyl (C=O) groups is 4. The summed E-state index contributed by atoms with van der Waals surface area (Å²) in [4.78, 5) is 49.2. The van der Waals surface area contributed by atoms with Crippen LogP contribution in [0.4, 0.5) is 0 Å². The third-order valence-corrected chi connectivity index (χ3v) is 6.48. The molecule has 0 aromatic heterocycles. The van der Waals surface area contributed by atoms with Crippen molar-refractivity contribution in [2.75, 3.05) is 0 Å². The van der Waals surface area contributed by atoms with Crippen molar-refractivity contribution in [2.24, 2.45) is 0 Å². The third kappa shape index (κ3) is 8.42. The van der Waals surface area contributed by atoms with Crippen molar-refractivity contribution < 1.29 is 28.7 Å². The topological polar surface area (TPSA) is 86.7 Å². The number of alkyl halides is 1. The largest absolute Gasteiger partial charge is 0.393 e. The van der Waals surface area contributed by atoms with E-state index in [4.69, 9.17) is 9.47 Å². The van der Waals surface area contributed by atoms with Gasteiger partial charge in [-0.1, -0.05) is 96.7 Å². The van der Waals surface area contributed by atoms with E-state index in [9.17, 15) is 19.2 Å². The van der Waals surface area contributed by atoms with Crippen LogP contribution in [-0.4, -0.2) is 28.7 Å². The Balaban J connectivity index is 1.98. The van der Waals surface area contributed by atoms with Crippen LogP contribution in [0, 0.1) is 13.8 Å². The Morgan fingerprint density at radius 3 is 1.94 bits per heavy atom. The van der Waals surface area contributed by atoms with E-state index in [1.165, 1.54) is 0 Å². The second-order valence-corrected chi connectivity index (χ2v) is 9.76. The zero-order valence-electron chi connectivity index (χ0n) is 20.7. The zero-order valence-corrected chi connectivity index (χ0v) is 22.3. The van der Waals surface area contributed by atoms with Gasteiger partial charge in [0.1, 0.15) is 4.83 Å². The molecule has 35 heavy (non-hydrogen) atoms. The van der Waals surface area contributed by atoms with Crippen molar-refractivity contribution in [3.63, 3.8) is 0 Å². The van der Waals surface area contributed by atoms with Gasteiger partial charge in [0, 0.05) is 0 Å². The van der Waals surface area contributed by atoms with Crippen LogP contribution in [0.25, 0.3) is 0 Å². The highest BCUT2D eigenvalue weighted by Gasteiger charge is 2.31. The van der Waals surface area contributed by atoms with Gasteiger partial charge in [-0.3, -0.25) is 19.2 Å². The van der Waals surface area contributed by atoms with Crippen molar-refractivity contribution in [3.8, 4) is 0 Å². The summed E-state index contributed by atoms with van der Waals surface area (Å²) in [6.07, 6.45) is 2.08. The van der Waals surface area contributed by atoms with E-state index in [0.717, 1.165) is 35.1 Å². The number of ether oxygens (including phenoxy) is 2. The predicted octanol–water partition coefficient (Wildman–Crippen LogP) is 6.06. The molecule has 0 amide bonds. The fourth-order valence-electron chi connectivity index (χ4n) is 3.86.